The van der Waals surface area contributed by atoms with Crippen molar-refractivity contribution >= 4 is 23.2 Å². The minimum atomic E-state index is -0.441. The van der Waals surface area contributed by atoms with Crippen LogP contribution in [0.3, 0.4) is 0 Å². The summed E-state index contributed by atoms with van der Waals surface area (Å²) in [6.07, 6.45) is 3.52. The van der Waals surface area contributed by atoms with Crippen molar-refractivity contribution in [2.75, 3.05) is 18.4 Å². The number of piperidine rings is 1. The van der Waals surface area contributed by atoms with Gasteiger partial charge in [0.2, 0.25) is 11.8 Å². The molecular formula is C17H21N3O4. The highest BCUT2D eigenvalue weighted by molar-refractivity contribution is 5.93. The van der Waals surface area contributed by atoms with Crippen LogP contribution in [0.15, 0.2) is 18.2 Å². The van der Waals surface area contributed by atoms with Crippen molar-refractivity contribution in [3.63, 3.8) is 0 Å². The van der Waals surface area contributed by atoms with Crippen LogP contribution < -0.4 is 5.32 Å². The molecule has 1 aromatic rings. The molecule has 1 saturated heterocycles. The lowest BCUT2D eigenvalue weighted by molar-refractivity contribution is -0.385. The van der Waals surface area contributed by atoms with E-state index in [4.69, 9.17) is 0 Å². The number of anilines is 1. The largest absolute Gasteiger partial charge is 0.342 e. The van der Waals surface area contributed by atoms with Gasteiger partial charge in [-0.05, 0) is 44.7 Å². The Morgan fingerprint density at radius 2 is 2.00 bits per heavy atom. The van der Waals surface area contributed by atoms with Gasteiger partial charge in [-0.3, -0.25) is 19.7 Å². The van der Waals surface area contributed by atoms with Gasteiger partial charge in [0.15, 0.2) is 0 Å². The van der Waals surface area contributed by atoms with E-state index >= 15 is 0 Å². The molecule has 1 aliphatic heterocycles. The number of hydrogen-bond acceptors (Lipinski definition) is 4. The summed E-state index contributed by atoms with van der Waals surface area (Å²) < 4.78 is 0. The number of aryl methyl sites for hydroxylation is 1. The molecule has 7 heteroatoms. The van der Waals surface area contributed by atoms with Gasteiger partial charge < -0.3 is 10.2 Å². The minimum absolute atomic E-state index is 0.0341. The predicted molar refractivity (Wildman–Crippen MR) is 88.5 cm³/mol. The van der Waals surface area contributed by atoms with Crippen LogP contribution in [0.1, 0.15) is 31.2 Å². The molecule has 1 heterocycles. The molecule has 0 radical (unpaired) electrons. The summed E-state index contributed by atoms with van der Waals surface area (Å²) in [6, 6.07) is 4.54. The Morgan fingerprint density at radius 1 is 1.25 bits per heavy atom. The maximum absolute atomic E-state index is 12.5. The van der Waals surface area contributed by atoms with Crippen LogP contribution in [0.25, 0.3) is 0 Å². The highest BCUT2D eigenvalue weighted by Gasteiger charge is 2.36. The van der Waals surface area contributed by atoms with Crippen molar-refractivity contribution in [2.45, 2.75) is 32.6 Å². The third kappa shape index (κ3) is 3.55. The van der Waals surface area contributed by atoms with Gasteiger partial charge in [0.1, 0.15) is 0 Å². The first-order valence-electron chi connectivity index (χ1n) is 8.30. The summed E-state index contributed by atoms with van der Waals surface area (Å²) in [5, 5.41) is 13.7. The molecule has 1 atom stereocenters. The quantitative estimate of drug-likeness (QED) is 0.677. The van der Waals surface area contributed by atoms with Crippen LogP contribution in [0.5, 0.6) is 0 Å². The lowest BCUT2D eigenvalue weighted by Crippen LogP contribution is -2.44. The maximum atomic E-state index is 12.5. The maximum Gasteiger partial charge on any atom is 0.272 e. The molecule has 1 N–H and O–H groups in total. The normalized spacial score (nSPS) is 20.5. The second-order valence-electron chi connectivity index (χ2n) is 6.65. The Labute approximate surface area is 140 Å². The van der Waals surface area contributed by atoms with Gasteiger partial charge in [-0.25, -0.2) is 0 Å². The van der Waals surface area contributed by atoms with E-state index in [9.17, 15) is 19.7 Å². The third-order valence-electron chi connectivity index (χ3n) is 4.69. The Bertz CT molecular complexity index is 684. The number of nitro benzene ring substituents is 1. The fraction of sp³-hybridized carbons (Fsp3) is 0.529. The summed E-state index contributed by atoms with van der Waals surface area (Å²) in [5.41, 5.74) is 1.09. The first-order chi connectivity index (χ1) is 11.5. The van der Waals surface area contributed by atoms with Gasteiger partial charge >= 0.3 is 0 Å². The molecule has 7 nitrogen and oxygen atoms in total. The lowest BCUT2D eigenvalue weighted by atomic mass is 9.96. The Balaban J connectivity index is 1.62. The van der Waals surface area contributed by atoms with Gasteiger partial charge in [0.25, 0.3) is 5.69 Å². The van der Waals surface area contributed by atoms with Crippen molar-refractivity contribution in [1.82, 2.24) is 4.90 Å². The molecule has 0 aromatic heterocycles. The fourth-order valence-electron chi connectivity index (χ4n) is 3.16. The van der Waals surface area contributed by atoms with Gasteiger partial charge in [-0.15, -0.1) is 0 Å². The molecule has 1 aromatic carbocycles. The van der Waals surface area contributed by atoms with Gasteiger partial charge in [0.05, 0.1) is 10.8 Å². The molecule has 0 spiro atoms. The van der Waals surface area contributed by atoms with Crippen LogP contribution >= 0.6 is 0 Å². The monoisotopic (exact) mass is 331 g/mol. The summed E-state index contributed by atoms with van der Waals surface area (Å²) in [7, 11) is 0. The number of amides is 2. The number of hydrogen-bond donors (Lipinski definition) is 1. The van der Waals surface area contributed by atoms with E-state index in [0.29, 0.717) is 17.8 Å². The SMILES string of the molecule is Cc1cc(NC(=O)[C@@H]2CCCN(C(=O)C3CC3)C2)ccc1[N+](=O)[O-]. The number of nitrogens with one attached hydrogen (secondary N) is 1. The molecule has 128 valence electrons. The molecular weight excluding hydrogens is 310 g/mol. The number of rotatable bonds is 4. The van der Waals surface area contributed by atoms with Crippen LogP contribution in [0, 0.1) is 28.9 Å². The van der Waals surface area contributed by atoms with E-state index < -0.39 is 4.92 Å². The Hall–Kier alpha value is -2.44. The average molecular weight is 331 g/mol. The summed E-state index contributed by atoms with van der Waals surface area (Å²) in [5.74, 6) is -0.00342. The van der Waals surface area contributed by atoms with Gasteiger partial charge in [-0.2, -0.15) is 0 Å². The van der Waals surface area contributed by atoms with Crippen LogP contribution in [-0.4, -0.2) is 34.7 Å². The van der Waals surface area contributed by atoms with E-state index in [1.54, 1.807) is 19.1 Å². The van der Waals surface area contributed by atoms with Crippen molar-refractivity contribution in [1.29, 1.82) is 0 Å². The number of likely N-dealkylation sites (tertiary alicyclic amines) is 1. The molecule has 2 amide bonds. The molecule has 2 aliphatic rings. The van der Waals surface area contributed by atoms with Crippen molar-refractivity contribution < 1.29 is 14.5 Å². The van der Waals surface area contributed by atoms with Crippen molar-refractivity contribution in [3.8, 4) is 0 Å². The zero-order chi connectivity index (χ0) is 17.3. The Kier molecular flexibility index (Phi) is 4.51. The van der Waals surface area contributed by atoms with Crippen LogP contribution in [0.2, 0.25) is 0 Å². The molecule has 2 fully saturated rings. The number of nitro groups is 1. The summed E-state index contributed by atoms with van der Waals surface area (Å²) in [6.45, 7) is 2.84. The van der Waals surface area contributed by atoms with E-state index in [0.717, 1.165) is 32.2 Å². The zero-order valence-corrected chi connectivity index (χ0v) is 13.7. The number of carbonyl (C=O) groups is 2. The number of benzene rings is 1. The van der Waals surface area contributed by atoms with Crippen molar-refractivity contribution in [3.05, 3.63) is 33.9 Å². The Morgan fingerprint density at radius 3 is 2.62 bits per heavy atom. The number of carbonyl (C=O) groups excluding carboxylic acids is 2. The van der Waals surface area contributed by atoms with Crippen molar-refractivity contribution in [2.24, 2.45) is 11.8 Å². The summed E-state index contributed by atoms with van der Waals surface area (Å²) >= 11 is 0. The van der Waals surface area contributed by atoms with E-state index in [1.807, 2.05) is 4.90 Å². The average Bonchev–Trinajstić information content (AvgIpc) is 3.39. The lowest BCUT2D eigenvalue weighted by Gasteiger charge is -2.32. The van der Waals surface area contributed by atoms with Crippen LogP contribution in [0.4, 0.5) is 11.4 Å². The third-order valence-corrected chi connectivity index (χ3v) is 4.69. The first kappa shape index (κ1) is 16.4. The fourth-order valence-corrected chi connectivity index (χ4v) is 3.16. The van der Waals surface area contributed by atoms with E-state index in [2.05, 4.69) is 5.32 Å². The molecule has 24 heavy (non-hydrogen) atoms. The molecule has 1 aliphatic carbocycles. The smallest absolute Gasteiger partial charge is 0.272 e. The second-order valence-corrected chi connectivity index (χ2v) is 6.65. The van der Waals surface area contributed by atoms with Crippen LogP contribution in [-0.2, 0) is 9.59 Å². The molecule has 0 unspecified atom stereocenters. The highest BCUT2D eigenvalue weighted by atomic mass is 16.6. The predicted octanol–water partition coefficient (Wildman–Crippen LogP) is 2.49. The minimum Gasteiger partial charge on any atom is -0.342 e. The highest BCUT2D eigenvalue weighted by Crippen LogP contribution is 2.32. The van der Waals surface area contributed by atoms with E-state index in [-0.39, 0.29) is 29.3 Å². The van der Waals surface area contributed by atoms with E-state index in [1.165, 1.54) is 6.07 Å². The van der Waals surface area contributed by atoms with Gasteiger partial charge in [0, 0.05) is 36.3 Å². The number of nitrogens with zero attached hydrogens (tertiary/aromatic N) is 2. The summed E-state index contributed by atoms with van der Waals surface area (Å²) in [4.78, 5) is 36.8. The first-order valence-corrected chi connectivity index (χ1v) is 8.30. The topological polar surface area (TPSA) is 92.6 Å². The molecule has 0 bridgehead atoms. The standard InChI is InChI=1S/C17H21N3O4/c1-11-9-14(6-7-15(11)20(23)24)18-16(21)13-3-2-8-19(10-13)17(22)12-4-5-12/h6-7,9,12-13H,2-5,8,10H2,1H3,(H,18,21)/t13-/m1/s1. The van der Waals surface area contributed by atoms with Gasteiger partial charge in [-0.1, -0.05) is 0 Å². The second kappa shape index (κ2) is 6.59. The molecule has 3 rings (SSSR count). The molecule has 1 saturated carbocycles. The zero-order valence-electron chi connectivity index (χ0n) is 13.7.